The number of nitrogens with one attached hydrogen (secondary N) is 3. The number of carbonyl (C=O) groups excluding carboxylic acids is 3. The Labute approximate surface area is 228 Å². The third kappa shape index (κ3) is 9.28. The minimum Gasteiger partial charge on any atom is -0.343 e. The van der Waals surface area contributed by atoms with Crippen molar-refractivity contribution in [3.8, 4) is 0 Å². The standard InChI is InChI=1S/C17H22N4O3S.C11H10.C2H6/c1-10(18)16(23)21-14(17(24)20-9-19-11(2)22)7-12-8-25-15-6-4-3-5-13(12)15;1-9-6-7-10-4-2-3-5-11(10)8-9;1-2/h3-6,8,10,14H,7,9,18H2,1-2H3,(H,19,22)(H,20,24)(H,21,23);2-8H,1H3;1-2H3. The van der Waals surface area contributed by atoms with E-state index in [9.17, 15) is 14.4 Å². The molecule has 4 aromatic rings. The maximum atomic E-state index is 12.4. The summed E-state index contributed by atoms with van der Waals surface area (Å²) in [4.78, 5) is 35.3. The predicted octanol–water partition coefficient (Wildman–Crippen LogP) is 4.66. The second-order valence-corrected chi connectivity index (χ2v) is 9.52. The molecule has 2 atom stereocenters. The van der Waals surface area contributed by atoms with Crippen LogP contribution in [0.4, 0.5) is 0 Å². The van der Waals surface area contributed by atoms with Gasteiger partial charge in [0.05, 0.1) is 12.7 Å². The fourth-order valence-corrected chi connectivity index (χ4v) is 4.59. The monoisotopic (exact) mass is 534 g/mol. The van der Waals surface area contributed by atoms with E-state index < -0.39 is 18.0 Å². The summed E-state index contributed by atoms with van der Waals surface area (Å²) in [5.41, 5.74) is 7.89. The van der Waals surface area contributed by atoms with Gasteiger partial charge in [0.25, 0.3) is 0 Å². The molecule has 0 aliphatic heterocycles. The molecule has 0 fully saturated rings. The van der Waals surface area contributed by atoms with E-state index in [2.05, 4.69) is 65.3 Å². The molecule has 0 bridgehead atoms. The molecule has 3 aromatic carbocycles. The maximum absolute atomic E-state index is 12.4. The van der Waals surface area contributed by atoms with Crippen LogP contribution < -0.4 is 21.7 Å². The van der Waals surface area contributed by atoms with E-state index in [-0.39, 0.29) is 18.5 Å². The Kier molecular flexibility index (Phi) is 12.4. The van der Waals surface area contributed by atoms with Crippen molar-refractivity contribution in [1.82, 2.24) is 16.0 Å². The fourth-order valence-electron chi connectivity index (χ4n) is 3.61. The summed E-state index contributed by atoms with van der Waals surface area (Å²) < 4.78 is 1.12. The third-order valence-corrected chi connectivity index (χ3v) is 6.55. The van der Waals surface area contributed by atoms with Gasteiger partial charge in [0, 0.05) is 18.0 Å². The zero-order valence-electron chi connectivity index (χ0n) is 22.7. The number of benzene rings is 3. The van der Waals surface area contributed by atoms with Crippen LogP contribution >= 0.6 is 11.3 Å². The minimum atomic E-state index is -0.773. The van der Waals surface area contributed by atoms with Gasteiger partial charge in [-0.1, -0.05) is 80.1 Å². The van der Waals surface area contributed by atoms with Gasteiger partial charge in [-0.15, -0.1) is 11.3 Å². The summed E-state index contributed by atoms with van der Waals surface area (Å²) >= 11 is 1.59. The zero-order valence-corrected chi connectivity index (χ0v) is 23.5. The smallest absolute Gasteiger partial charge is 0.244 e. The Balaban J connectivity index is 0.000000321. The van der Waals surface area contributed by atoms with E-state index in [1.807, 2.05) is 43.5 Å². The van der Waals surface area contributed by atoms with Gasteiger partial charge in [0.1, 0.15) is 6.04 Å². The molecule has 1 aromatic heterocycles. The number of rotatable bonds is 7. The summed E-state index contributed by atoms with van der Waals surface area (Å²) in [5.74, 6) is -1.03. The SMILES string of the molecule is CC.CC(=O)NCNC(=O)C(Cc1csc2ccccc12)NC(=O)C(C)N.Cc1ccc2ccccc2c1. The van der Waals surface area contributed by atoms with Crippen molar-refractivity contribution < 1.29 is 14.4 Å². The van der Waals surface area contributed by atoms with Crippen LogP contribution in [0.15, 0.2) is 72.1 Å². The van der Waals surface area contributed by atoms with Gasteiger partial charge in [0.2, 0.25) is 17.7 Å². The molecule has 5 N–H and O–H groups in total. The normalized spacial score (nSPS) is 11.7. The molecule has 7 nitrogen and oxygen atoms in total. The highest BCUT2D eigenvalue weighted by Gasteiger charge is 2.23. The topological polar surface area (TPSA) is 113 Å². The van der Waals surface area contributed by atoms with Crippen LogP contribution in [0.5, 0.6) is 0 Å². The Hall–Kier alpha value is -3.75. The second kappa shape index (κ2) is 15.5. The lowest BCUT2D eigenvalue weighted by Crippen LogP contribution is -2.53. The van der Waals surface area contributed by atoms with E-state index in [4.69, 9.17) is 5.73 Å². The summed E-state index contributed by atoms with van der Waals surface area (Å²) in [6, 6.07) is 21.3. The van der Waals surface area contributed by atoms with Crippen LogP contribution in [0.25, 0.3) is 20.9 Å². The lowest BCUT2D eigenvalue weighted by molar-refractivity contribution is -0.129. The molecule has 202 valence electrons. The van der Waals surface area contributed by atoms with Crippen molar-refractivity contribution in [1.29, 1.82) is 0 Å². The van der Waals surface area contributed by atoms with Gasteiger partial charge >= 0.3 is 0 Å². The number of hydrogen-bond acceptors (Lipinski definition) is 5. The fraction of sp³-hybridized carbons (Fsp3) is 0.300. The Morgan fingerprint density at radius 2 is 1.55 bits per heavy atom. The molecular weight excluding hydrogens is 496 g/mol. The van der Waals surface area contributed by atoms with E-state index >= 15 is 0 Å². The van der Waals surface area contributed by atoms with Crippen molar-refractivity contribution in [2.75, 3.05) is 6.67 Å². The molecule has 2 unspecified atom stereocenters. The highest BCUT2D eigenvalue weighted by atomic mass is 32.1. The van der Waals surface area contributed by atoms with E-state index in [1.165, 1.54) is 23.3 Å². The summed E-state index contributed by atoms with van der Waals surface area (Å²) in [6.45, 7) is 9.04. The molecule has 0 aliphatic rings. The lowest BCUT2D eigenvalue weighted by atomic mass is 10.0. The average molecular weight is 535 g/mol. The first-order valence-electron chi connectivity index (χ1n) is 12.7. The number of thiophene rings is 1. The van der Waals surface area contributed by atoms with E-state index in [0.29, 0.717) is 6.42 Å². The summed E-state index contributed by atoms with van der Waals surface area (Å²) in [6.07, 6.45) is 0.342. The van der Waals surface area contributed by atoms with Gasteiger partial charge in [0.15, 0.2) is 0 Å². The third-order valence-electron chi connectivity index (χ3n) is 5.54. The largest absolute Gasteiger partial charge is 0.343 e. The molecule has 0 spiro atoms. The number of hydrogen-bond donors (Lipinski definition) is 4. The molecule has 0 aliphatic carbocycles. The molecular formula is C30H38N4O3S. The molecule has 4 rings (SSSR count). The molecule has 38 heavy (non-hydrogen) atoms. The van der Waals surface area contributed by atoms with Gasteiger partial charge in [-0.3, -0.25) is 14.4 Å². The Morgan fingerprint density at radius 3 is 2.24 bits per heavy atom. The van der Waals surface area contributed by atoms with Gasteiger partial charge < -0.3 is 21.7 Å². The first kappa shape index (κ1) is 30.5. The predicted molar refractivity (Wildman–Crippen MR) is 158 cm³/mol. The highest BCUT2D eigenvalue weighted by molar-refractivity contribution is 7.17. The number of aryl methyl sites for hydroxylation is 1. The van der Waals surface area contributed by atoms with Crippen LogP contribution in [-0.4, -0.2) is 36.5 Å². The molecule has 3 amide bonds. The van der Waals surface area contributed by atoms with Crippen LogP contribution in [-0.2, 0) is 20.8 Å². The number of fused-ring (bicyclic) bond motifs is 2. The first-order chi connectivity index (χ1) is 18.2. The van der Waals surface area contributed by atoms with Gasteiger partial charge in [-0.2, -0.15) is 0 Å². The van der Waals surface area contributed by atoms with Crippen molar-refractivity contribution in [2.24, 2.45) is 5.73 Å². The summed E-state index contributed by atoms with van der Waals surface area (Å²) in [7, 11) is 0. The van der Waals surface area contributed by atoms with Crippen molar-refractivity contribution >= 4 is 49.9 Å². The van der Waals surface area contributed by atoms with Crippen molar-refractivity contribution in [2.45, 2.75) is 53.1 Å². The number of amides is 3. The average Bonchev–Trinajstić information content (AvgIpc) is 3.32. The van der Waals surface area contributed by atoms with Crippen molar-refractivity contribution in [3.05, 3.63) is 83.2 Å². The second-order valence-electron chi connectivity index (χ2n) is 8.61. The molecule has 0 radical (unpaired) electrons. The van der Waals surface area contributed by atoms with Gasteiger partial charge in [-0.25, -0.2) is 0 Å². The molecule has 0 saturated carbocycles. The van der Waals surface area contributed by atoms with Gasteiger partial charge in [-0.05, 0) is 47.0 Å². The van der Waals surface area contributed by atoms with Crippen LogP contribution in [0.1, 0.15) is 38.8 Å². The van der Waals surface area contributed by atoms with E-state index in [0.717, 1.165) is 15.6 Å². The molecule has 0 saturated heterocycles. The molecule has 8 heteroatoms. The Morgan fingerprint density at radius 1 is 0.895 bits per heavy atom. The quantitative estimate of drug-likeness (QED) is 0.258. The van der Waals surface area contributed by atoms with Crippen LogP contribution in [0.3, 0.4) is 0 Å². The first-order valence-corrected chi connectivity index (χ1v) is 13.6. The van der Waals surface area contributed by atoms with Crippen LogP contribution in [0, 0.1) is 6.92 Å². The Bertz CT molecular complexity index is 1350. The lowest BCUT2D eigenvalue weighted by Gasteiger charge is -2.19. The minimum absolute atomic E-state index is 0.00308. The number of carbonyl (C=O) groups is 3. The van der Waals surface area contributed by atoms with Crippen LogP contribution in [0.2, 0.25) is 0 Å². The van der Waals surface area contributed by atoms with E-state index in [1.54, 1.807) is 18.3 Å². The summed E-state index contributed by atoms with van der Waals surface area (Å²) in [5, 5.41) is 13.4. The maximum Gasteiger partial charge on any atom is 0.244 e. The number of nitrogens with two attached hydrogens (primary N) is 1. The highest BCUT2D eigenvalue weighted by Crippen LogP contribution is 2.26. The zero-order chi connectivity index (χ0) is 28.1. The molecule has 1 heterocycles. The van der Waals surface area contributed by atoms with Crippen molar-refractivity contribution in [3.63, 3.8) is 0 Å².